The van der Waals surface area contributed by atoms with E-state index in [-0.39, 0.29) is 24.4 Å². The molecule has 3 heteroatoms. The van der Waals surface area contributed by atoms with E-state index >= 15 is 0 Å². The molecular weight excluding hydrogens is 192 g/mol. The molecule has 1 fully saturated rings. The lowest BCUT2D eigenvalue weighted by Crippen LogP contribution is -2.43. The van der Waals surface area contributed by atoms with E-state index in [0.29, 0.717) is 6.61 Å². The SMILES string of the molecule is CCC1(OC(C)COC(C)CO)CCC1. The van der Waals surface area contributed by atoms with E-state index in [0.717, 1.165) is 6.42 Å². The van der Waals surface area contributed by atoms with Gasteiger partial charge in [-0.05, 0) is 39.5 Å². The van der Waals surface area contributed by atoms with E-state index in [2.05, 4.69) is 6.92 Å². The summed E-state index contributed by atoms with van der Waals surface area (Å²) in [4.78, 5) is 0. The number of aliphatic hydroxyl groups excluding tert-OH is 1. The summed E-state index contributed by atoms with van der Waals surface area (Å²) in [6, 6.07) is 0. The normalized spacial score (nSPS) is 23.2. The first-order chi connectivity index (χ1) is 7.12. The Balaban J connectivity index is 2.20. The van der Waals surface area contributed by atoms with Crippen molar-refractivity contribution >= 4 is 0 Å². The predicted molar refractivity (Wildman–Crippen MR) is 59.9 cm³/mol. The van der Waals surface area contributed by atoms with Crippen LogP contribution < -0.4 is 0 Å². The molecular formula is C12H24O3. The van der Waals surface area contributed by atoms with Crippen LogP contribution in [0.15, 0.2) is 0 Å². The lowest BCUT2D eigenvalue weighted by atomic mass is 9.78. The quantitative estimate of drug-likeness (QED) is 0.708. The Morgan fingerprint density at radius 3 is 2.33 bits per heavy atom. The van der Waals surface area contributed by atoms with Gasteiger partial charge in [0.15, 0.2) is 0 Å². The summed E-state index contributed by atoms with van der Waals surface area (Å²) in [6.45, 7) is 6.74. The first-order valence-corrected chi connectivity index (χ1v) is 6.02. The van der Waals surface area contributed by atoms with Gasteiger partial charge < -0.3 is 14.6 Å². The molecule has 0 saturated heterocycles. The predicted octanol–water partition coefficient (Wildman–Crippen LogP) is 2.12. The number of hydrogen-bond donors (Lipinski definition) is 1. The van der Waals surface area contributed by atoms with Crippen molar-refractivity contribution in [1.82, 2.24) is 0 Å². The van der Waals surface area contributed by atoms with Gasteiger partial charge in [-0.2, -0.15) is 0 Å². The number of ether oxygens (including phenoxy) is 2. The molecule has 0 aromatic carbocycles. The molecule has 2 atom stereocenters. The maximum Gasteiger partial charge on any atom is 0.0788 e. The highest BCUT2D eigenvalue weighted by Crippen LogP contribution is 2.39. The highest BCUT2D eigenvalue weighted by atomic mass is 16.6. The number of rotatable bonds is 7. The third-order valence-electron chi connectivity index (χ3n) is 3.23. The molecule has 90 valence electrons. The molecule has 0 aromatic heterocycles. The second-order valence-electron chi connectivity index (χ2n) is 4.65. The topological polar surface area (TPSA) is 38.7 Å². The zero-order valence-corrected chi connectivity index (χ0v) is 10.2. The molecule has 0 bridgehead atoms. The molecule has 1 rings (SSSR count). The minimum Gasteiger partial charge on any atom is -0.394 e. The summed E-state index contributed by atoms with van der Waals surface area (Å²) >= 11 is 0. The third kappa shape index (κ3) is 3.74. The Hall–Kier alpha value is -0.120. The van der Waals surface area contributed by atoms with Crippen LogP contribution in [0, 0.1) is 0 Å². The first-order valence-electron chi connectivity index (χ1n) is 6.02. The van der Waals surface area contributed by atoms with E-state index in [1.165, 1.54) is 19.3 Å². The maximum atomic E-state index is 8.82. The monoisotopic (exact) mass is 216 g/mol. The van der Waals surface area contributed by atoms with Crippen molar-refractivity contribution in [3.63, 3.8) is 0 Å². The average Bonchev–Trinajstić information content (AvgIpc) is 2.20. The fourth-order valence-electron chi connectivity index (χ4n) is 1.94. The molecule has 1 aliphatic rings. The minimum absolute atomic E-state index is 0.0750. The molecule has 0 spiro atoms. The Morgan fingerprint density at radius 2 is 1.93 bits per heavy atom. The highest BCUT2D eigenvalue weighted by Gasteiger charge is 2.37. The van der Waals surface area contributed by atoms with Gasteiger partial charge in [-0.25, -0.2) is 0 Å². The highest BCUT2D eigenvalue weighted by molar-refractivity contribution is 4.89. The Kier molecular flexibility index (Phi) is 5.03. The number of aliphatic hydroxyl groups is 1. The molecule has 0 amide bonds. The first kappa shape index (κ1) is 12.9. The van der Waals surface area contributed by atoms with Crippen LogP contribution >= 0.6 is 0 Å². The van der Waals surface area contributed by atoms with Gasteiger partial charge in [0.1, 0.15) is 0 Å². The van der Waals surface area contributed by atoms with Crippen molar-refractivity contribution in [1.29, 1.82) is 0 Å². The van der Waals surface area contributed by atoms with Gasteiger partial charge in [-0.3, -0.25) is 0 Å². The van der Waals surface area contributed by atoms with Crippen molar-refractivity contribution < 1.29 is 14.6 Å². The molecule has 0 aromatic rings. The zero-order valence-electron chi connectivity index (χ0n) is 10.2. The van der Waals surface area contributed by atoms with Gasteiger partial charge in [-0.1, -0.05) is 6.92 Å². The van der Waals surface area contributed by atoms with Crippen molar-refractivity contribution in [2.75, 3.05) is 13.2 Å². The van der Waals surface area contributed by atoms with Gasteiger partial charge in [0.2, 0.25) is 0 Å². The second kappa shape index (κ2) is 5.83. The van der Waals surface area contributed by atoms with Crippen LogP contribution in [0.3, 0.4) is 0 Å². The molecule has 3 nitrogen and oxygen atoms in total. The lowest BCUT2D eigenvalue weighted by molar-refractivity contribution is -0.158. The smallest absolute Gasteiger partial charge is 0.0788 e. The molecule has 0 aliphatic heterocycles. The van der Waals surface area contributed by atoms with Crippen LogP contribution in [-0.2, 0) is 9.47 Å². The fourth-order valence-corrected chi connectivity index (χ4v) is 1.94. The largest absolute Gasteiger partial charge is 0.394 e. The number of hydrogen-bond acceptors (Lipinski definition) is 3. The molecule has 1 N–H and O–H groups in total. The standard InChI is InChI=1S/C12H24O3/c1-4-12(6-5-7-12)15-11(3)9-14-10(2)8-13/h10-11,13H,4-9H2,1-3H3. The van der Waals surface area contributed by atoms with Gasteiger partial charge >= 0.3 is 0 Å². The molecule has 1 aliphatic carbocycles. The van der Waals surface area contributed by atoms with Crippen molar-refractivity contribution in [2.24, 2.45) is 0 Å². The van der Waals surface area contributed by atoms with E-state index < -0.39 is 0 Å². The molecule has 2 unspecified atom stereocenters. The average molecular weight is 216 g/mol. The Labute approximate surface area is 92.8 Å². The Bertz CT molecular complexity index is 172. The fraction of sp³-hybridized carbons (Fsp3) is 1.00. The molecule has 1 saturated carbocycles. The van der Waals surface area contributed by atoms with Gasteiger partial charge in [0.25, 0.3) is 0 Å². The van der Waals surface area contributed by atoms with Crippen LogP contribution in [-0.4, -0.2) is 36.1 Å². The van der Waals surface area contributed by atoms with Crippen LogP contribution in [0.4, 0.5) is 0 Å². The van der Waals surface area contributed by atoms with Crippen LogP contribution in [0.5, 0.6) is 0 Å². The van der Waals surface area contributed by atoms with Crippen molar-refractivity contribution in [3.8, 4) is 0 Å². The summed E-state index contributed by atoms with van der Waals surface area (Å²) in [5.41, 5.74) is 0.130. The summed E-state index contributed by atoms with van der Waals surface area (Å²) in [5.74, 6) is 0. The van der Waals surface area contributed by atoms with E-state index in [9.17, 15) is 0 Å². The second-order valence-corrected chi connectivity index (χ2v) is 4.65. The van der Waals surface area contributed by atoms with Crippen LogP contribution in [0.1, 0.15) is 46.5 Å². The summed E-state index contributed by atoms with van der Waals surface area (Å²) < 4.78 is 11.4. The van der Waals surface area contributed by atoms with E-state index in [4.69, 9.17) is 14.6 Å². The van der Waals surface area contributed by atoms with Crippen LogP contribution in [0.25, 0.3) is 0 Å². The minimum atomic E-state index is -0.0879. The van der Waals surface area contributed by atoms with E-state index in [1.807, 2.05) is 13.8 Å². The van der Waals surface area contributed by atoms with Crippen LogP contribution in [0.2, 0.25) is 0 Å². The van der Waals surface area contributed by atoms with Gasteiger partial charge in [-0.15, -0.1) is 0 Å². The lowest BCUT2D eigenvalue weighted by Gasteiger charge is -2.43. The van der Waals surface area contributed by atoms with Gasteiger partial charge in [0.05, 0.1) is 31.0 Å². The van der Waals surface area contributed by atoms with Gasteiger partial charge in [0, 0.05) is 0 Å². The van der Waals surface area contributed by atoms with Crippen molar-refractivity contribution in [3.05, 3.63) is 0 Å². The summed E-state index contributed by atoms with van der Waals surface area (Å²) in [7, 11) is 0. The summed E-state index contributed by atoms with van der Waals surface area (Å²) in [5, 5.41) is 8.82. The molecule has 0 radical (unpaired) electrons. The van der Waals surface area contributed by atoms with Crippen molar-refractivity contribution in [2.45, 2.75) is 64.3 Å². The van der Waals surface area contributed by atoms with E-state index in [1.54, 1.807) is 0 Å². The molecule has 0 heterocycles. The maximum absolute atomic E-state index is 8.82. The molecule has 15 heavy (non-hydrogen) atoms. The zero-order chi connectivity index (χ0) is 11.3. The summed E-state index contributed by atoms with van der Waals surface area (Å²) in [6.07, 6.45) is 4.78. The Morgan fingerprint density at radius 1 is 1.27 bits per heavy atom. The third-order valence-corrected chi connectivity index (χ3v) is 3.23.